The highest BCUT2D eigenvalue weighted by Gasteiger charge is 2.15. The first-order valence-corrected chi connectivity index (χ1v) is 6.43. The highest BCUT2D eigenvalue weighted by Crippen LogP contribution is 2.41. The minimum Gasteiger partial charge on any atom is -0.493 e. The van der Waals surface area contributed by atoms with Crippen molar-refractivity contribution in [3.63, 3.8) is 0 Å². The lowest BCUT2D eigenvalue weighted by Crippen LogP contribution is -1.98. The Kier molecular flexibility index (Phi) is 4.70. The van der Waals surface area contributed by atoms with Crippen molar-refractivity contribution in [1.29, 1.82) is 0 Å². The summed E-state index contributed by atoms with van der Waals surface area (Å²) in [6, 6.07) is 3.35. The number of halogens is 1. The topological polar surface area (TPSA) is 62.7 Å². The molecule has 7 heteroatoms. The van der Waals surface area contributed by atoms with E-state index in [0.29, 0.717) is 28.9 Å². The van der Waals surface area contributed by atoms with Gasteiger partial charge in [0.2, 0.25) is 16.9 Å². The quantitative estimate of drug-likeness (QED) is 0.790. The van der Waals surface area contributed by atoms with E-state index in [4.69, 9.17) is 30.5 Å². The van der Waals surface area contributed by atoms with E-state index < -0.39 is 0 Å². The Labute approximate surface area is 127 Å². The van der Waals surface area contributed by atoms with E-state index in [1.54, 1.807) is 18.3 Å². The standard InChI is InChI=1S/C14H15ClN2O4/c1-8-7-16-14(15)17-13(8)21-9-5-10(18-2)12(20-4)11(6-9)19-3/h5-7H,1-4H3. The number of hydrogen-bond donors (Lipinski definition) is 0. The van der Waals surface area contributed by atoms with E-state index >= 15 is 0 Å². The fourth-order valence-electron chi connectivity index (χ4n) is 1.74. The van der Waals surface area contributed by atoms with Gasteiger partial charge in [-0.3, -0.25) is 0 Å². The summed E-state index contributed by atoms with van der Waals surface area (Å²) in [5.41, 5.74) is 0.758. The Balaban J connectivity index is 2.42. The molecule has 0 radical (unpaired) electrons. The number of nitrogens with zero attached hydrogens (tertiary/aromatic N) is 2. The maximum Gasteiger partial charge on any atom is 0.226 e. The number of benzene rings is 1. The highest BCUT2D eigenvalue weighted by atomic mass is 35.5. The molecule has 0 bridgehead atoms. The van der Waals surface area contributed by atoms with Crippen molar-refractivity contribution in [2.45, 2.75) is 6.92 Å². The molecule has 0 aliphatic carbocycles. The zero-order valence-corrected chi connectivity index (χ0v) is 12.9. The summed E-state index contributed by atoms with van der Waals surface area (Å²) in [5.74, 6) is 2.32. The van der Waals surface area contributed by atoms with Crippen molar-refractivity contribution >= 4 is 11.6 Å². The Morgan fingerprint density at radius 2 is 1.62 bits per heavy atom. The molecule has 1 aromatic heterocycles. The third kappa shape index (κ3) is 3.28. The Hall–Kier alpha value is -2.21. The van der Waals surface area contributed by atoms with E-state index in [1.165, 1.54) is 21.3 Å². The molecular weight excluding hydrogens is 296 g/mol. The SMILES string of the molecule is COc1cc(Oc2nc(Cl)ncc2C)cc(OC)c1OC. The number of hydrogen-bond acceptors (Lipinski definition) is 6. The Morgan fingerprint density at radius 3 is 2.14 bits per heavy atom. The van der Waals surface area contributed by atoms with Gasteiger partial charge in [0.15, 0.2) is 11.5 Å². The minimum atomic E-state index is 0.114. The second kappa shape index (κ2) is 6.49. The summed E-state index contributed by atoms with van der Waals surface area (Å²) in [7, 11) is 4.61. The molecule has 21 heavy (non-hydrogen) atoms. The average molecular weight is 311 g/mol. The molecule has 0 fully saturated rings. The van der Waals surface area contributed by atoms with Gasteiger partial charge in [-0.15, -0.1) is 0 Å². The zero-order valence-electron chi connectivity index (χ0n) is 12.1. The van der Waals surface area contributed by atoms with Crippen LogP contribution >= 0.6 is 11.6 Å². The van der Waals surface area contributed by atoms with Gasteiger partial charge in [0, 0.05) is 23.9 Å². The normalized spacial score (nSPS) is 10.1. The van der Waals surface area contributed by atoms with E-state index in [1.807, 2.05) is 6.92 Å². The molecular formula is C14H15ClN2O4. The number of ether oxygens (including phenoxy) is 4. The Morgan fingerprint density at radius 1 is 1.00 bits per heavy atom. The van der Waals surface area contributed by atoms with Crippen molar-refractivity contribution in [1.82, 2.24) is 9.97 Å². The lowest BCUT2D eigenvalue weighted by Gasteiger charge is -2.14. The number of methoxy groups -OCH3 is 3. The first-order valence-electron chi connectivity index (χ1n) is 6.06. The van der Waals surface area contributed by atoms with Crippen LogP contribution in [-0.2, 0) is 0 Å². The summed E-state index contributed by atoms with van der Waals surface area (Å²) in [4.78, 5) is 7.92. The van der Waals surface area contributed by atoms with Crippen LogP contribution < -0.4 is 18.9 Å². The number of rotatable bonds is 5. The molecule has 0 aliphatic heterocycles. The van der Waals surface area contributed by atoms with Crippen LogP contribution in [-0.4, -0.2) is 31.3 Å². The summed E-state index contributed by atoms with van der Waals surface area (Å²) in [6.07, 6.45) is 1.59. The van der Waals surface area contributed by atoms with Crippen molar-refractivity contribution in [3.05, 3.63) is 29.2 Å². The minimum absolute atomic E-state index is 0.114. The van der Waals surface area contributed by atoms with Crippen molar-refractivity contribution in [2.75, 3.05) is 21.3 Å². The molecule has 0 aliphatic rings. The van der Waals surface area contributed by atoms with Crippen LogP contribution in [0.4, 0.5) is 0 Å². The molecule has 1 aromatic carbocycles. The van der Waals surface area contributed by atoms with Gasteiger partial charge in [0.05, 0.1) is 21.3 Å². The van der Waals surface area contributed by atoms with Gasteiger partial charge in [0.25, 0.3) is 0 Å². The first kappa shape index (κ1) is 15.2. The van der Waals surface area contributed by atoms with Gasteiger partial charge < -0.3 is 18.9 Å². The molecule has 112 valence electrons. The molecule has 0 saturated heterocycles. The molecule has 0 N–H and O–H groups in total. The molecule has 0 unspecified atom stereocenters. The molecule has 2 rings (SSSR count). The molecule has 1 heterocycles. The predicted molar refractivity (Wildman–Crippen MR) is 78.0 cm³/mol. The smallest absolute Gasteiger partial charge is 0.226 e. The highest BCUT2D eigenvalue weighted by molar-refractivity contribution is 6.28. The summed E-state index contributed by atoms with van der Waals surface area (Å²) in [6.45, 7) is 1.82. The fourth-order valence-corrected chi connectivity index (χ4v) is 1.86. The van der Waals surface area contributed by atoms with Crippen LogP contribution in [0.5, 0.6) is 28.9 Å². The average Bonchev–Trinajstić information content (AvgIpc) is 2.49. The van der Waals surface area contributed by atoms with E-state index in [0.717, 1.165) is 5.56 Å². The van der Waals surface area contributed by atoms with E-state index in [-0.39, 0.29) is 5.28 Å². The lowest BCUT2D eigenvalue weighted by atomic mass is 10.2. The summed E-state index contributed by atoms with van der Waals surface area (Å²) in [5, 5.41) is 0.114. The lowest BCUT2D eigenvalue weighted by molar-refractivity contribution is 0.320. The summed E-state index contributed by atoms with van der Waals surface area (Å²) >= 11 is 5.78. The summed E-state index contributed by atoms with van der Waals surface area (Å²) < 4.78 is 21.5. The van der Waals surface area contributed by atoms with Gasteiger partial charge >= 0.3 is 0 Å². The van der Waals surface area contributed by atoms with Crippen molar-refractivity contribution in [3.8, 4) is 28.9 Å². The second-order valence-electron chi connectivity index (χ2n) is 4.09. The van der Waals surface area contributed by atoms with Gasteiger partial charge in [-0.1, -0.05) is 0 Å². The molecule has 2 aromatic rings. The fraction of sp³-hybridized carbons (Fsp3) is 0.286. The molecule has 0 saturated carbocycles. The third-order valence-electron chi connectivity index (χ3n) is 2.75. The van der Waals surface area contributed by atoms with Gasteiger partial charge in [0.1, 0.15) is 5.75 Å². The van der Waals surface area contributed by atoms with Crippen molar-refractivity contribution < 1.29 is 18.9 Å². The van der Waals surface area contributed by atoms with Gasteiger partial charge in [-0.05, 0) is 18.5 Å². The second-order valence-corrected chi connectivity index (χ2v) is 4.43. The van der Waals surface area contributed by atoms with Crippen LogP contribution in [0.2, 0.25) is 5.28 Å². The largest absolute Gasteiger partial charge is 0.493 e. The maximum atomic E-state index is 5.78. The third-order valence-corrected chi connectivity index (χ3v) is 2.93. The van der Waals surface area contributed by atoms with Crippen LogP contribution in [0, 0.1) is 6.92 Å². The molecule has 0 atom stereocenters. The van der Waals surface area contributed by atoms with Crippen LogP contribution in [0.15, 0.2) is 18.3 Å². The van der Waals surface area contributed by atoms with Crippen LogP contribution in [0.1, 0.15) is 5.56 Å². The Bertz CT molecular complexity index is 624. The van der Waals surface area contributed by atoms with E-state index in [9.17, 15) is 0 Å². The predicted octanol–water partition coefficient (Wildman–Crippen LogP) is 3.26. The van der Waals surface area contributed by atoms with Crippen LogP contribution in [0.25, 0.3) is 0 Å². The number of aryl methyl sites for hydroxylation is 1. The van der Waals surface area contributed by atoms with Gasteiger partial charge in [-0.2, -0.15) is 4.98 Å². The molecule has 0 spiro atoms. The molecule has 0 amide bonds. The van der Waals surface area contributed by atoms with Gasteiger partial charge in [-0.25, -0.2) is 4.98 Å². The first-order chi connectivity index (χ1) is 10.1. The monoisotopic (exact) mass is 310 g/mol. The maximum absolute atomic E-state index is 5.78. The van der Waals surface area contributed by atoms with E-state index in [2.05, 4.69) is 9.97 Å². The van der Waals surface area contributed by atoms with Crippen LogP contribution in [0.3, 0.4) is 0 Å². The molecule has 6 nitrogen and oxygen atoms in total. The zero-order chi connectivity index (χ0) is 15.4. The van der Waals surface area contributed by atoms with Crippen molar-refractivity contribution in [2.24, 2.45) is 0 Å². The number of aromatic nitrogens is 2.